The molecule has 1 N–H and O–H groups in total. The molecular formula is C12H25NO4S. The van der Waals surface area contributed by atoms with Gasteiger partial charge in [-0.3, -0.25) is 0 Å². The van der Waals surface area contributed by atoms with E-state index < -0.39 is 9.84 Å². The van der Waals surface area contributed by atoms with Gasteiger partial charge in [-0.25, -0.2) is 8.42 Å². The number of hydrogen-bond donors (Lipinski definition) is 1. The van der Waals surface area contributed by atoms with Crippen LogP contribution in [0.4, 0.5) is 0 Å². The van der Waals surface area contributed by atoms with Crippen LogP contribution in [0.3, 0.4) is 0 Å². The highest BCUT2D eigenvalue weighted by Gasteiger charge is 2.39. The summed E-state index contributed by atoms with van der Waals surface area (Å²) in [6, 6.07) is 0.174. The first-order valence-corrected chi connectivity index (χ1v) is 8.47. The lowest BCUT2D eigenvalue weighted by Gasteiger charge is -2.42. The van der Waals surface area contributed by atoms with Gasteiger partial charge in [0.2, 0.25) is 0 Å². The third-order valence-corrected chi connectivity index (χ3v) is 4.77. The largest absolute Gasteiger partial charge is 0.381 e. The maximum Gasteiger partial charge on any atom is 0.147 e. The first kappa shape index (κ1) is 15.9. The number of hydrogen-bond acceptors (Lipinski definition) is 5. The lowest BCUT2D eigenvalue weighted by molar-refractivity contribution is -0.110. The van der Waals surface area contributed by atoms with Crippen molar-refractivity contribution in [1.29, 1.82) is 0 Å². The topological polar surface area (TPSA) is 64.6 Å². The van der Waals surface area contributed by atoms with E-state index in [1.54, 1.807) is 7.11 Å². The quantitative estimate of drug-likeness (QED) is 0.739. The monoisotopic (exact) mass is 279 g/mol. The summed E-state index contributed by atoms with van der Waals surface area (Å²) in [6.45, 7) is 1.41. The van der Waals surface area contributed by atoms with Gasteiger partial charge in [-0.1, -0.05) is 0 Å². The highest BCUT2D eigenvalue weighted by molar-refractivity contribution is 7.90. The second-order valence-corrected chi connectivity index (χ2v) is 7.25. The summed E-state index contributed by atoms with van der Waals surface area (Å²) < 4.78 is 33.4. The lowest BCUT2D eigenvalue weighted by Crippen LogP contribution is -2.54. The summed E-state index contributed by atoms with van der Waals surface area (Å²) in [5.41, 5.74) is -0.218. The lowest BCUT2D eigenvalue weighted by atomic mass is 9.83. The van der Waals surface area contributed by atoms with Crippen LogP contribution in [0.5, 0.6) is 0 Å². The normalized spacial score (nSPS) is 21.7. The predicted octanol–water partition coefficient (Wildman–Crippen LogP) is 0.595. The minimum Gasteiger partial charge on any atom is -0.381 e. The van der Waals surface area contributed by atoms with E-state index in [1.165, 1.54) is 6.26 Å². The number of nitrogens with one attached hydrogen (secondary N) is 1. The van der Waals surface area contributed by atoms with Gasteiger partial charge in [0.25, 0.3) is 0 Å². The number of ether oxygens (including phenoxy) is 2. The third-order valence-electron chi connectivity index (χ3n) is 3.74. The molecule has 1 rings (SSSR count). The van der Waals surface area contributed by atoms with E-state index in [4.69, 9.17) is 9.47 Å². The Morgan fingerprint density at radius 3 is 2.44 bits per heavy atom. The van der Waals surface area contributed by atoms with Crippen LogP contribution in [0.2, 0.25) is 0 Å². The summed E-state index contributed by atoms with van der Waals surface area (Å²) in [6.07, 6.45) is 4.46. The van der Waals surface area contributed by atoms with Gasteiger partial charge in [0.15, 0.2) is 0 Å². The molecule has 1 saturated heterocycles. The van der Waals surface area contributed by atoms with Crippen molar-refractivity contribution in [1.82, 2.24) is 5.32 Å². The van der Waals surface area contributed by atoms with Crippen LogP contribution in [0.1, 0.15) is 25.7 Å². The second-order valence-electron chi connectivity index (χ2n) is 4.99. The smallest absolute Gasteiger partial charge is 0.147 e. The van der Waals surface area contributed by atoms with Crippen molar-refractivity contribution in [2.75, 3.05) is 39.4 Å². The van der Waals surface area contributed by atoms with Crippen LogP contribution < -0.4 is 5.32 Å². The van der Waals surface area contributed by atoms with Crippen molar-refractivity contribution in [3.63, 3.8) is 0 Å². The molecule has 0 aliphatic carbocycles. The fourth-order valence-electron chi connectivity index (χ4n) is 2.63. The Bertz CT molecular complexity index is 336. The first-order chi connectivity index (χ1) is 8.43. The Hall–Kier alpha value is -0.170. The summed E-state index contributed by atoms with van der Waals surface area (Å²) >= 11 is 0. The molecule has 0 aromatic heterocycles. The third kappa shape index (κ3) is 4.50. The van der Waals surface area contributed by atoms with E-state index in [1.807, 2.05) is 7.05 Å². The summed E-state index contributed by atoms with van der Waals surface area (Å²) in [5.74, 6) is 0.238. The van der Waals surface area contributed by atoms with Gasteiger partial charge in [0.1, 0.15) is 9.84 Å². The average molecular weight is 279 g/mol. The summed E-state index contributed by atoms with van der Waals surface area (Å²) in [4.78, 5) is 0. The number of methoxy groups -OCH3 is 1. The van der Waals surface area contributed by atoms with Crippen molar-refractivity contribution in [3.05, 3.63) is 0 Å². The molecule has 1 aliphatic heterocycles. The molecule has 6 heteroatoms. The van der Waals surface area contributed by atoms with E-state index in [2.05, 4.69) is 5.32 Å². The SMILES string of the molecule is CNC(CCCS(C)(=O)=O)C1(OC)CCOCC1. The van der Waals surface area contributed by atoms with Gasteiger partial charge < -0.3 is 14.8 Å². The zero-order valence-electron chi connectivity index (χ0n) is 11.6. The molecule has 0 bridgehead atoms. The first-order valence-electron chi connectivity index (χ1n) is 6.41. The molecule has 1 atom stereocenters. The van der Waals surface area contributed by atoms with E-state index in [-0.39, 0.29) is 17.4 Å². The van der Waals surface area contributed by atoms with Gasteiger partial charge in [0, 0.05) is 51.2 Å². The minimum absolute atomic E-state index is 0.174. The summed E-state index contributed by atoms with van der Waals surface area (Å²) in [7, 11) is 0.754. The van der Waals surface area contributed by atoms with Crippen molar-refractivity contribution in [3.8, 4) is 0 Å². The van der Waals surface area contributed by atoms with Crippen LogP contribution in [-0.4, -0.2) is 59.4 Å². The molecule has 0 radical (unpaired) electrons. The molecule has 0 aromatic rings. The maximum absolute atomic E-state index is 11.2. The molecule has 1 aliphatic rings. The zero-order chi connectivity index (χ0) is 13.6. The highest BCUT2D eigenvalue weighted by Crippen LogP contribution is 2.30. The Balaban J connectivity index is 2.57. The predicted molar refractivity (Wildman–Crippen MR) is 71.6 cm³/mol. The Kier molecular flexibility index (Phi) is 6.04. The molecule has 0 saturated carbocycles. The van der Waals surface area contributed by atoms with Gasteiger partial charge in [-0.05, 0) is 19.9 Å². The van der Waals surface area contributed by atoms with Gasteiger partial charge in [0.05, 0.1) is 5.60 Å². The Morgan fingerprint density at radius 1 is 1.39 bits per heavy atom. The molecule has 0 aromatic carbocycles. The molecule has 108 valence electrons. The molecule has 1 heterocycles. The van der Waals surface area contributed by atoms with Crippen molar-refractivity contribution in [2.45, 2.75) is 37.3 Å². The molecule has 18 heavy (non-hydrogen) atoms. The molecule has 0 amide bonds. The van der Waals surface area contributed by atoms with Crippen molar-refractivity contribution >= 4 is 9.84 Å². The van der Waals surface area contributed by atoms with Crippen molar-refractivity contribution in [2.24, 2.45) is 0 Å². The minimum atomic E-state index is -2.88. The van der Waals surface area contributed by atoms with E-state index >= 15 is 0 Å². The molecule has 1 fully saturated rings. The highest BCUT2D eigenvalue weighted by atomic mass is 32.2. The van der Waals surface area contributed by atoms with Gasteiger partial charge >= 0.3 is 0 Å². The van der Waals surface area contributed by atoms with Crippen LogP contribution in [0, 0.1) is 0 Å². The maximum atomic E-state index is 11.2. The zero-order valence-corrected chi connectivity index (χ0v) is 12.4. The standard InChI is InChI=1S/C12H25NO4S/c1-13-11(5-4-10-18(3,14)15)12(16-2)6-8-17-9-7-12/h11,13H,4-10H2,1-3H3. The number of rotatable bonds is 7. The molecular weight excluding hydrogens is 254 g/mol. The van der Waals surface area contributed by atoms with Crippen LogP contribution in [-0.2, 0) is 19.3 Å². The Morgan fingerprint density at radius 2 is 2.00 bits per heavy atom. The second kappa shape index (κ2) is 6.84. The average Bonchev–Trinajstić information content (AvgIpc) is 2.34. The Labute approximate surface area is 110 Å². The fraction of sp³-hybridized carbons (Fsp3) is 1.00. The fourth-order valence-corrected chi connectivity index (χ4v) is 3.32. The van der Waals surface area contributed by atoms with Crippen LogP contribution in [0.15, 0.2) is 0 Å². The van der Waals surface area contributed by atoms with Gasteiger partial charge in [-0.15, -0.1) is 0 Å². The van der Waals surface area contributed by atoms with Gasteiger partial charge in [-0.2, -0.15) is 0 Å². The van der Waals surface area contributed by atoms with E-state index in [9.17, 15) is 8.42 Å². The van der Waals surface area contributed by atoms with E-state index in [0.717, 1.165) is 19.3 Å². The van der Waals surface area contributed by atoms with Crippen LogP contribution in [0.25, 0.3) is 0 Å². The molecule has 1 unspecified atom stereocenters. The molecule has 0 spiro atoms. The van der Waals surface area contributed by atoms with Crippen LogP contribution >= 0.6 is 0 Å². The molecule has 5 nitrogen and oxygen atoms in total. The van der Waals surface area contributed by atoms with E-state index in [0.29, 0.717) is 19.6 Å². The number of likely N-dealkylation sites (N-methyl/N-ethyl adjacent to an activating group) is 1. The van der Waals surface area contributed by atoms with Crippen molar-refractivity contribution < 1.29 is 17.9 Å². The number of sulfone groups is 1. The summed E-state index contributed by atoms with van der Waals surface area (Å²) in [5, 5.41) is 3.27.